The van der Waals surface area contributed by atoms with Crippen molar-refractivity contribution in [1.29, 1.82) is 0 Å². The van der Waals surface area contributed by atoms with Crippen LogP contribution >= 0.6 is 32.9 Å². The number of nitrogens with one attached hydrogen (secondary N) is 1. The number of methoxy groups -OCH3 is 1. The van der Waals surface area contributed by atoms with Crippen LogP contribution in [-0.2, 0) is 46.4 Å². The lowest BCUT2D eigenvalue weighted by Gasteiger charge is -2.46. The van der Waals surface area contributed by atoms with Gasteiger partial charge in [0.15, 0.2) is 10.0 Å². The molecule has 0 radical (unpaired) electrons. The molecule has 1 aromatic heterocycles. The molecule has 1 saturated heterocycles. The number of rotatable bonds is 13. The van der Waals surface area contributed by atoms with Gasteiger partial charge in [0.25, 0.3) is 5.91 Å². The Labute approximate surface area is 290 Å². The van der Waals surface area contributed by atoms with E-state index in [1.54, 1.807) is 66.7 Å². The molecule has 3 aromatic carbocycles. The molecule has 1 N–H and O–H groups in total. The van der Waals surface area contributed by atoms with Gasteiger partial charge < -0.3 is 19.0 Å². The summed E-state index contributed by atoms with van der Waals surface area (Å²) in [6, 6.07) is 21.0. The number of hydrogen-bond acceptors (Lipinski definition) is 12. The second kappa shape index (κ2) is 15.1. The van der Waals surface area contributed by atoms with Crippen molar-refractivity contribution in [3.8, 4) is 5.75 Å². The van der Waals surface area contributed by atoms with Crippen molar-refractivity contribution in [2.45, 2.75) is 41.2 Å². The quantitative estimate of drug-likeness (QED) is 0.0338. The third-order valence-corrected chi connectivity index (χ3v) is 11.9. The van der Waals surface area contributed by atoms with Gasteiger partial charge in [0, 0.05) is 0 Å². The van der Waals surface area contributed by atoms with E-state index in [1.807, 2.05) is 12.1 Å². The lowest BCUT2D eigenvalue weighted by molar-refractivity contribution is -0.153. The lowest BCUT2D eigenvalue weighted by Crippen LogP contribution is -2.69. The van der Waals surface area contributed by atoms with Crippen LogP contribution in [0.1, 0.15) is 18.1 Å². The van der Waals surface area contributed by atoms with E-state index in [9.17, 15) is 36.0 Å². The Bertz CT molecular complexity index is 1960. The molecule has 0 unspecified atom stereocenters. The number of amides is 2. The number of para-hydroxylation sites is 1. The minimum absolute atomic E-state index is 0.0917. The fourth-order valence-corrected chi connectivity index (χ4v) is 8.94. The van der Waals surface area contributed by atoms with Crippen LogP contribution in [0.3, 0.4) is 0 Å². The molecule has 0 bridgehead atoms. The number of carbonyl (C=O) groups is 3. The molecule has 2 amide bonds. The molecule has 5 rings (SSSR count). The molecular weight excluding hydrogens is 728 g/mol. The largest absolute Gasteiger partial charge is 0.534 e. The average Bonchev–Trinajstić information content (AvgIpc) is 3.49. The summed E-state index contributed by atoms with van der Waals surface area (Å²) in [6.45, 7) is 0.396. The maximum atomic E-state index is 13.7. The van der Waals surface area contributed by atoms with Gasteiger partial charge in [-0.25, -0.2) is 9.78 Å². The van der Waals surface area contributed by atoms with Crippen molar-refractivity contribution in [3.63, 3.8) is 0 Å². The summed E-state index contributed by atoms with van der Waals surface area (Å²) in [7, 11) is -2.72. The van der Waals surface area contributed by atoms with Crippen molar-refractivity contribution < 1.29 is 49.6 Å². The standard InChI is InChI=1S/C31H26F3N3O8S4/c1-18(45-49(41,42)31(32,33)34)26(29(40)44-17-20-12-14-21(43-2)15-13-20)37-27(39)25(36-24(38)16-19-8-4-3-5-9-19)28(37)47-48-30-35-22-10-6-7-11-23(22)46-30/h3-15,25,28H,16-17H2,1-2H3,(H,36,38)/b26-18+/t25-,28-/m1/s1. The number of alkyl halides is 3. The Morgan fingerprint density at radius 3 is 2.33 bits per heavy atom. The minimum atomic E-state index is -6.25. The number of halogens is 3. The molecule has 4 aromatic rings. The number of likely N-dealkylation sites (tertiary alicyclic amines) is 1. The summed E-state index contributed by atoms with van der Waals surface area (Å²) in [4.78, 5) is 45.5. The first-order valence-electron chi connectivity index (χ1n) is 14.1. The number of aromatic nitrogens is 1. The first-order chi connectivity index (χ1) is 23.3. The summed E-state index contributed by atoms with van der Waals surface area (Å²) in [5.74, 6) is -3.35. The van der Waals surface area contributed by atoms with Gasteiger partial charge in [-0.2, -0.15) is 21.6 Å². The highest BCUT2D eigenvalue weighted by atomic mass is 33.1. The number of thiazole rings is 1. The van der Waals surface area contributed by atoms with Crippen LogP contribution in [-0.4, -0.2) is 60.1 Å². The number of fused-ring (bicyclic) bond motifs is 1. The molecule has 49 heavy (non-hydrogen) atoms. The van der Waals surface area contributed by atoms with Gasteiger partial charge in [-0.3, -0.25) is 14.5 Å². The summed E-state index contributed by atoms with van der Waals surface area (Å²) in [5.41, 5.74) is -4.92. The van der Waals surface area contributed by atoms with Crippen LogP contribution in [0.5, 0.6) is 5.75 Å². The number of esters is 1. The van der Waals surface area contributed by atoms with Crippen molar-refractivity contribution in [2.75, 3.05) is 7.11 Å². The molecule has 0 saturated carbocycles. The van der Waals surface area contributed by atoms with Crippen LogP contribution in [0.25, 0.3) is 10.2 Å². The van der Waals surface area contributed by atoms with Gasteiger partial charge in [-0.1, -0.05) is 65.4 Å². The number of carbonyl (C=O) groups excluding carboxylic acids is 3. The van der Waals surface area contributed by atoms with Gasteiger partial charge in [-0.05, 0) is 53.1 Å². The van der Waals surface area contributed by atoms with E-state index >= 15 is 0 Å². The molecule has 0 aliphatic carbocycles. The first kappa shape index (κ1) is 36.0. The van der Waals surface area contributed by atoms with Crippen molar-refractivity contribution in [2.24, 2.45) is 0 Å². The van der Waals surface area contributed by atoms with Crippen LogP contribution in [0, 0.1) is 0 Å². The first-order valence-corrected chi connectivity index (χ1v) is 18.6. The second-order valence-electron chi connectivity index (χ2n) is 10.2. The van der Waals surface area contributed by atoms with Crippen molar-refractivity contribution in [1.82, 2.24) is 15.2 Å². The fraction of sp³-hybridized carbons (Fsp3) is 0.226. The number of nitrogens with zero attached hydrogens (tertiary/aromatic N) is 2. The van der Waals surface area contributed by atoms with Crippen molar-refractivity contribution in [3.05, 3.63) is 101 Å². The highest BCUT2D eigenvalue weighted by Gasteiger charge is 2.54. The van der Waals surface area contributed by atoms with Gasteiger partial charge in [0.2, 0.25) is 5.91 Å². The molecule has 11 nitrogen and oxygen atoms in total. The van der Waals surface area contributed by atoms with E-state index in [0.29, 0.717) is 26.7 Å². The number of allylic oxidation sites excluding steroid dienone is 1. The average molecular weight is 754 g/mol. The molecule has 0 spiro atoms. The highest BCUT2D eigenvalue weighted by Crippen LogP contribution is 2.46. The van der Waals surface area contributed by atoms with E-state index in [0.717, 1.165) is 38.1 Å². The molecule has 1 fully saturated rings. The third-order valence-electron chi connectivity index (χ3n) is 6.87. The van der Waals surface area contributed by atoms with Crippen molar-refractivity contribution >= 4 is 71.0 Å². The molecule has 1 aliphatic rings. The third kappa shape index (κ3) is 8.49. The van der Waals surface area contributed by atoms with E-state index in [1.165, 1.54) is 18.4 Å². The van der Waals surface area contributed by atoms with Crippen LogP contribution in [0.4, 0.5) is 13.2 Å². The van der Waals surface area contributed by atoms with Crippen LogP contribution < -0.4 is 10.1 Å². The fourth-order valence-electron chi connectivity index (χ4n) is 4.52. The molecule has 258 valence electrons. The number of β-lactam (4-membered cyclic amide) rings is 1. The molecular formula is C31H26F3N3O8S4. The Hall–Kier alpha value is -4.26. The zero-order chi connectivity index (χ0) is 35.3. The monoisotopic (exact) mass is 753 g/mol. The molecule has 1 aliphatic heterocycles. The van der Waals surface area contributed by atoms with Gasteiger partial charge in [-0.15, -0.1) is 11.3 Å². The highest BCUT2D eigenvalue weighted by molar-refractivity contribution is 8.77. The maximum absolute atomic E-state index is 13.7. The van der Waals surface area contributed by atoms with Crippen LogP contribution in [0.15, 0.2) is 94.7 Å². The van der Waals surface area contributed by atoms with E-state index in [2.05, 4.69) is 14.5 Å². The summed E-state index contributed by atoms with van der Waals surface area (Å²) >= 11 is 1.33. The number of ether oxygens (including phenoxy) is 2. The smallest absolute Gasteiger partial charge is 0.497 e. The number of benzene rings is 3. The number of hydrogen-bond donors (Lipinski definition) is 1. The van der Waals surface area contributed by atoms with Crippen LogP contribution in [0.2, 0.25) is 0 Å². The SMILES string of the molecule is COc1ccc(COC(=O)/C(=C(/C)OS(=O)(=O)C(F)(F)F)N2C(=O)[C@@H](NC(=O)Cc3ccccc3)[C@H]2SSc2nc3ccccc3s2)cc1. The van der Waals surface area contributed by atoms with E-state index < -0.39 is 62.9 Å². The topological polar surface area (TPSA) is 141 Å². The zero-order valence-electron chi connectivity index (χ0n) is 25.5. The zero-order valence-corrected chi connectivity index (χ0v) is 28.8. The van der Waals surface area contributed by atoms with Gasteiger partial charge in [0.05, 0.1) is 23.7 Å². The summed E-state index contributed by atoms with van der Waals surface area (Å²) in [6.07, 6.45) is -0.0917. The lowest BCUT2D eigenvalue weighted by atomic mass is 10.0. The summed E-state index contributed by atoms with van der Waals surface area (Å²) in [5, 5.41) is 1.49. The minimum Gasteiger partial charge on any atom is -0.497 e. The van der Waals surface area contributed by atoms with Gasteiger partial charge in [0.1, 0.15) is 29.5 Å². The van der Waals surface area contributed by atoms with E-state index in [4.69, 9.17) is 9.47 Å². The Kier molecular flexibility index (Phi) is 11.1. The second-order valence-corrected chi connectivity index (χ2v) is 15.4. The Morgan fingerprint density at radius 2 is 1.67 bits per heavy atom. The van der Waals surface area contributed by atoms with E-state index in [-0.39, 0.29) is 6.42 Å². The Balaban J connectivity index is 1.46. The molecule has 2 atom stereocenters. The van der Waals surface area contributed by atoms with Gasteiger partial charge >= 0.3 is 21.6 Å². The maximum Gasteiger partial charge on any atom is 0.534 e. The molecule has 2 heterocycles. The Morgan fingerprint density at radius 1 is 1.00 bits per heavy atom. The molecule has 18 heteroatoms. The predicted octanol–water partition coefficient (Wildman–Crippen LogP) is 5.78. The normalized spacial score (nSPS) is 16.8. The summed E-state index contributed by atoms with van der Waals surface area (Å²) < 4.78 is 80.1. The predicted molar refractivity (Wildman–Crippen MR) is 177 cm³/mol.